The predicted octanol–water partition coefficient (Wildman–Crippen LogP) is 4.45. The molecule has 0 spiro atoms. The number of benzene rings is 2. The fourth-order valence-corrected chi connectivity index (χ4v) is 2.17. The quantitative estimate of drug-likeness (QED) is 0.761. The molecule has 0 atom stereocenters. The van der Waals surface area contributed by atoms with E-state index in [1.807, 2.05) is 43.3 Å². The van der Waals surface area contributed by atoms with E-state index in [2.05, 4.69) is 5.32 Å². The van der Waals surface area contributed by atoms with Crippen LogP contribution in [0.2, 0.25) is 5.02 Å². The molecule has 1 amide bonds. The fourth-order valence-electron chi connectivity index (χ4n) is 2.05. The van der Waals surface area contributed by atoms with E-state index in [4.69, 9.17) is 21.1 Å². The molecule has 2 aromatic rings. The topological polar surface area (TPSA) is 47.6 Å². The Bertz CT molecular complexity index is 673. The highest BCUT2D eigenvalue weighted by atomic mass is 35.5. The van der Waals surface area contributed by atoms with E-state index in [1.54, 1.807) is 13.2 Å². The van der Waals surface area contributed by atoms with Crippen molar-refractivity contribution in [3.05, 3.63) is 53.1 Å². The third kappa shape index (κ3) is 5.49. The SMILES string of the molecule is COc1cccc(NC(=O)CCCOc2ccc(Cl)c(C)c2)c1. The van der Waals surface area contributed by atoms with Gasteiger partial charge in [-0.15, -0.1) is 0 Å². The van der Waals surface area contributed by atoms with Gasteiger partial charge in [-0.3, -0.25) is 4.79 Å². The number of rotatable bonds is 7. The summed E-state index contributed by atoms with van der Waals surface area (Å²) in [6.45, 7) is 2.41. The molecule has 4 nitrogen and oxygen atoms in total. The Labute approximate surface area is 141 Å². The van der Waals surface area contributed by atoms with Crippen molar-refractivity contribution in [2.24, 2.45) is 0 Å². The Morgan fingerprint density at radius 3 is 2.74 bits per heavy atom. The Balaban J connectivity index is 1.73. The number of amides is 1. The van der Waals surface area contributed by atoms with Gasteiger partial charge < -0.3 is 14.8 Å². The largest absolute Gasteiger partial charge is 0.497 e. The van der Waals surface area contributed by atoms with Gasteiger partial charge in [0.25, 0.3) is 0 Å². The van der Waals surface area contributed by atoms with Crippen molar-refractivity contribution in [1.29, 1.82) is 0 Å². The van der Waals surface area contributed by atoms with Crippen LogP contribution in [0.25, 0.3) is 0 Å². The van der Waals surface area contributed by atoms with Gasteiger partial charge in [-0.1, -0.05) is 17.7 Å². The molecule has 122 valence electrons. The molecular weight excluding hydrogens is 314 g/mol. The number of halogens is 1. The van der Waals surface area contributed by atoms with E-state index >= 15 is 0 Å². The highest BCUT2D eigenvalue weighted by molar-refractivity contribution is 6.31. The molecule has 2 rings (SSSR count). The number of carbonyl (C=O) groups is 1. The molecule has 0 fully saturated rings. The van der Waals surface area contributed by atoms with E-state index in [0.29, 0.717) is 25.2 Å². The van der Waals surface area contributed by atoms with Gasteiger partial charge in [0.15, 0.2) is 0 Å². The van der Waals surface area contributed by atoms with Crippen LogP contribution < -0.4 is 14.8 Å². The number of hydrogen-bond acceptors (Lipinski definition) is 3. The standard InChI is InChI=1S/C18H20ClNO3/c1-13-11-16(8-9-17(13)19)23-10-4-7-18(21)20-14-5-3-6-15(12-14)22-2/h3,5-6,8-9,11-12H,4,7,10H2,1-2H3,(H,20,21). The molecule has 0 aliphatic heterocycles. The molecule has 0 bridgehead atoms. The molecule has 5 heteroatoms. The summed E-state index contributed by atoms with van der Waals surface area (Å²) >= 11 is 5.96. The summed E-state index contributed by atoms with van der Waals surface area (Å²) in [6, 6.07) is 12.8. The molecule has 0 heterocycles. The Morgan fingerprint density at radius 1 is 1.17 bits per heavy atom. The maximum atomic E-state index is 11.9. The van der Waals surface area contributed by atoms with Gasteiger partial charge in [-0.05, 0) is 49.2 Å². The molecule has 0 saturated heterocycles. The first-order valence-corrected chi connectivity index (χ1v) is 7.79. The average Bonchev–Trinajstić information content (AvgIpc) is 2.55. The molecule has 0 aliphatic rings. The second kappa shape index (κ2) is 8.44. The number of ether oxygens (including phenoxy) is 2. The van der Waals surface area contributed by atoms with Crippen molar-refractivity contribution in [2.75, 3.05) is 19.0 Å². The number of carbonyl (C=O) groups excluding carboxylic acids is 1. The van der Waals surface area contributed by atoms with Crippen molar-refractivity contribution >= 4 is 23.2 Å². The van der Waals surface area contributed by atoms with E-state index in [9.17, 15) is 4.79 Å². The Hall–Kier alpha value is -2.20. The van der Waals surface area contributed by atoms with Crippen LogP contribution in [-0.2, 0) is 4.79 Å². The molecule has 0 saturated carbocycles. The summed E-state index contributed by atoms with van der Waals surface area (Å²) in [5.41, 5.74) is 1.70. The minimum absolute atomic E-state index is 0.0471. The number of nitrogens with one attached hydrogen (secondary N) is 1. The smallest absolute Gasteiger partial charge is 0.224 e. The Kier molecular flexibility index (Phi) is 6.29. The van der Waals surface area contributed by atoms with Gasteiger partial charge in [0, 0.05) is 23.2 Å². The highest BCUT2D eigenvalue weighted by Gasteiger charge is 2.04. The van der Waals surface area contributed by atoms with Crippen LogP contribution in [0, 0.1) is 6.92 Å². The van der Waals surface area contributed by atoms with E-state index < -0.39 is 0 Å². The second-order valence-electron chi connectivity index (χ2n) is 5.14. The molecule has 0 unspecified atom stereocenters. The fraction of sp³-hybridized carbons (Fsp3) is 0.278. The van der Waals surface area contributed by atoms with Gasteiger partial charge in [0.1, 0.15) is 11.5 Å². The number of aryl methyl sites for hydroxylation is 1. The van der Waals surface area contributed by atoms with Gasteiger partial charge in [-0.25, -0.2) is 0 Å². The van der Waals surface area contributed by atoms with Crippen LogP contribution in [0.3, 0.4) is 0 Å². The zero-order chi connectivity index (χ0) is 16.7. The molecule has 1 N–H and O–H groups in total. The maximum Gasteiger partial charge on any atom is 0.224 e. The lowest BCUT2D eigenvalue weighted by Crippen LogP contribution is -2.12. The summed E-state index contributed by atoms with van der Waals surface area (Å²) in [5, 5.41) is 3.56. The van der Waals surface area contributed by atoms with Crippen LogP contribution in [-0.4, -0.2) is 19.6 Å². The lowest BCUT2D eigenvalue weighted by molar-refractivity contribution is -0.116. The first-order chi connectivity index (χ1) is 11.1. The van der Waals surface area contributed by atoms with Crippen molar-refractivity contribution in [2.45, 2.75) is 19.8 Å². The van der Waals surface area contributed by atoms with E-state index in [1.165, 1.54) is 0 Å². The van der Waals surface area contributed by atoms with Crippen molar-refractivity contribution in [3.8, 4) is 11.5 Å². The molecule has 2 aromatic carbocycles. The van der Waals surface area contributed by atoms with Gasteiger partial charge in [0.2, 0.25) is 5.91 Å². The van der Waals surface area contributed by atoms with Crippen LogP contribution in [0.5, 0.6) is 11.5 Å². The van der Waals surface area contributed by atoms with E-state index in [0.717, 1.165) is 22.0 Å². The van der Waals surface area contributed by atoms with E-state index in [-0.39, 0.29) is 5.91 Å². The van der Waals surface area contributed by atoms with Crippen LogP contribution in [0.15, 0.2) is 42.5 Å². The Morgan fingerprint density at radius 2 is 2.00 bits per heavy atom. The number of methoxy groups -OCH3 is 1. The third-order valence-corrected chi connectivity index (χ3v) is 3.72. The molecular formula is C18H20ClNO3. The van der Waals surface area contributed by atoms with Crippen LogP contribution in [0.4, 0.5) is 5.69 Å². The summed E-state index contributed by atoms with van der Waals surface area (Å²) in [7, 11) is 1.59. The normalized spacial score (nSPS) is 10.2. The summed E-state index contributed by atoms with van der Waals surface area (Å²) in [6.07, 6.45) is 1.03. The third-order valence-electron chi connectivity index (χ3n) is 3.30. The van der Waals surface area contributed by atoms with Crippen molar-refractivity contribution in [1.82, 2.24) is 0 Å². The molecule has 0 aromatic heterocycles. The first-order valence-electron chi connectivity index (χ1n) is 7.41. The lowest BCUT2D eigenvalue weighted by atomic mass is 10.2. The van der Waals surface area contributed by atoms with Crippen molar-refractivity contribution in [3.63, 3.8) is 0 Å². The monoisotopic (exact) mass is 333 g/mol. The molecule has 0 aliphatic carbocycles. The molecule has 23 heavy (non-hydrogen) atoms. The predicted molar refractivity (Wildman–Crippen MR) is 92.5 cm³/mol. The van der Waals surface area contributed by atoms with Crippen LogP contribution in [0.1, 0.15) is 18.4 Å². The number of anilines is 1. The van der Waals surface area contributed by atoms with Gasteiger partial charge >= 0.3 is 0 Å². The molecule has 0 radical (unpaired) electrons. The van der Waals surface area contributed by atoms with Gasteiger partial charge in [0.05, 0.1) is 13.7 Å². The van der Waals surface area contributed by atoms with Gasteiger partial charge in [-0.2, -0.15) is 0 Å². The van der Waals surface area contributed by atoms with Crippen LogP contribution >= 0.6 is 11.6 Å². The summed E-state index contributed by atoms with van der Waals surface area (Å²) in [5.74, 6) is 1.43. The number of hydrogen-bond donors (Lipinski definition) is 1. The first kappa shape index (κ1) is 17.2. The zero-order valence-corrected chi connectivity index (χ0v) is 14.0. The zero-order valence-electron chi connectivity index (χ0n) is 13.3. The lowest BCUT2D eigenvalue weighted by Gasteiger charge is -2.09. The van der Waals surface area contributed by atoms with Crippen molar-refractivity contribution < 1.29 is 14.3 Å². The summed E-state index contributed by atoms with van der Waals surface area (Å²) < 4.78 is 10.7. The highest BCUT2D eigenvalue weighted by Crippen LogP contribution is 2.21. The maximum absolute atomic E-state index is 11.9. The average molecular weight is 334 g/mol. The minimum atomic E-state index is -0.0471. The second-order valence-corrected chi connectivity index (χ2v) is 5.55. The summed E-state index contributed by atoms with van der Waals surface area (Å²) in [4.78, 5) is 11.9. The minimum Gasteiger partial charge on any atom is -0.497 e.